The van der Waals surface area contributed by atoms with Crippen LogP contribution in [0.4, 0.5) is 0 Å². The van der Waals surface area contributed by atoms with E-state index in [2.05, 4.69) is 4.98 Å². The standard InChI is InChI=1S/C22H18N2O9S/c25-16-5-4-12(7-17(16)26)8-18(27)33-10-13-11-34(31,32)21-15(9-14-3-1-2-6-23-14)20(28)24(21)19(13)22(29)30/h1-7,9,21,25-26H,8,10-11H2,(H,29,30)/b15-9-. The van der Waals surface area contributed by atoms with E-state index in [4.69, 9.17) is 4.74 Å². The minimum Gasteiger partial charge on any atom is -0.504 e. The molecule has 2 aliphatic heterocycles. The Hall–Kier alpha value is -4.19. The molecule has 3 N–H and O–H groups in total. The van der Waals surface area contributed by atoms with Gasteiger partial charge in [0.15, 0.2) is 26.7 Å². The fraction of sp³-hybridized carbons (Fsp3) is 0.182. The highest BCUT2D eigenvalue weighted by Gasteiger charge is 2.56. The van der Waals surface area contributed by atoms with E-state index in [-0.39, 0.29) is 23.3 Å². The number of amides is 1. The average Bonchev–Trinajstić information content (AvgIpc) is 2.78. The number of esters is 1. The molecule has 1 atom stereocenters. The lowest BCUT2D eigenvalue weighted by Crippen LogP contribution is -2.62. The number of ether oxygens (including phenoxy) is 1. The molecule has 176 valence electrons. The van der Waals surface area contributed by atoms with Crippen molar-refractivity contribution in [3.05, 3.63) is 70.7 Å². The molecule has 2 aliphatic rings. The van der Waals surface area contributed by atoms with Gasteiger partial charge in [0, 0.05) is 11.8 Å². The summed E-state index contributed by atoms with van der Waals surface area (Å²) >= 11 is 0. The fourth-order valence-electron chi connectivity index (χ4n) is 3.74. The summed E-state index contributed by atoms with van der Waals surface area (Å²) in [7, 11) is -4.02. The van der Waals surface area contributed by atoms with Gasteiger partial charge in [-0.3, -0.25) is 19.5 Å². The van der Waals surface area contributed by atoms with Crippen molar-refractivity contribution >= 4 is 33.8 Å². The number of rotatable bonds is 6. The Bertz CT molecular complexity index is 1360. The molecule has 0 spiro atoms. The first-order valence-electron chi connectivity index (χ1n) is 9.88. The van der Waals surface area contributed by atoms with E-state index in [9.17, 15) is 38.1 Å². The zero-order valence-electron chi connectivity index (χ0n) is 17.4. The molecule has 0 bridgehead atoms. The summed E-state index contributed by atoms with van der Waals surface area (Å²) in [4.78, 5) is 41.5. The van der Waals surface area contributed by atoms with Crippen LogP contribution in [0.3, 0.4) is 0 Å². The highest BCUT2D eigenvalue weighted by Crippen LogP contribution is 2.40. The van der Waals surface area contributed by atoms with Gasteiger partial charge >= 0.3 is 11.9 Å². The number of aliphatic carboxylic acids is 1. The number of carbonyl (C=O) groups is 3. The van der Waals surface area contributed by atoms with Crippen LogP contribution in [0.2, 0.25) is 0 Å². The molecule has 1 saturated heterocycles. The van der Waals surface area contributed by atoms with Crippen molar-refractivity contribution in [1.82, 2.24) is 9.88 Å². The van der Waals surface area contributed by atoms with Gasteiger partial charge in [-0.2, -0.15) is 0 Å². The lowest BCUT2D eigenvalue weighted by atomic mass is 10.0. The van der Waals surface area contributed by atoms with Gasteiger partial charge in [-0.25, -0.2) is 13.2 Å². The number of aromatic hydroxyl groups is 2. The normalized spacial score (nSPS) is 20.0. The summed E-state index contributed by atoms with van der Waals surface area (Å²) in [5.74, 6) is -4.66. The second-order valence-corrected chi connectivity index (χ2v) is 9.67. The Morgan fingerprint density at radius 2 is 1.94 bits per heavy atom. The summed E-state index contributed by atoms with van der Waals surface area (Å²) < 4.78 is 30.9. The number of hydrogen-bond donors (Lipinski definition) is 3. The molecular weight excluding hydrogens is 468 g/mol. The first-order valence-corrected chi connectivity index (χ1v) is 11.6. The molecule has 0 saturated carbocycles. The molecule has 0 aliphatic carbocycles. The quantitative estimate of drug-likeness (QED) is 0.227. The van der Waals surface area contributed by atoms with Crippen molar-refractivity contribution in [3.8, 4) is 11.5 Å². The van der Waals surface area contributed by atoms with Gasteiger partial charge in [0.05, 0.1) is 23.4 Å². The van der Waals surface area contributed by atoms with E-state index in [1.165, 1.54) is 24.4 Å². The number of benzene rings is 1. The van der Waals surface area contributed by atoms with Crippen molar-refractivity contribution in [2.75, 3.05) is 12.4 Å². The number of pyridine rings is 1. The minimum absolute atomic E-state index is 0.0966. The van der Waals surface area contributed by atoms with Crippen LogP contribution in [0, 0.1) is 0 Å². The first kappa shape index (κ1) is 23.0. The molecule has 2 aromatic rings. The molecule has 1 fully saturated rings. The second-order valence-electron chi connectivity index (χ2n) is 7.61. The number of sulfone groups is 1. The molecule has 11 nitrogen and oxygen atoms in total. The molecule has 1 aromatic heterocycles. The number of aromatic nitrogens is 1. The predicted molar refractivity (Wildman–Crippen MR) is 116 cm³/mol. The van der Waals surface area contributed by atoms with Gasteiger partial charge in [-0.1, -0.05) is 12.1 Å². The van der Waals surface area contributed by atoms with Crippen LogP contribution >= 0.6 is 0 Å². The van der Waals surface area contributed by atoms with Crippen molar-refractivity contribution in [2.45, 2.75) is 11.8 Å². The Kier molecular flexibility index (Phi) is 5.83. The maximum atomic E-state index is 12.9. The second kappa shape index (κ2) is 8.63. The number of nitrogens with zero attached hydrogens (tertiary/aromatic N) is 2. The van der Waals surface area contributed by atoms with Crippen LogP contribution < -0.4 is 0 Å². The fourth-order valence-corrected chi connectivity index (χ4v) is 5.68. The molecule has 1 amide bonds. The van der Waals surface area contributed by atoms with E-state index in [0.29, 0.717) is 16.2 Å². The number of hydrogen-bond acceptors (Lipinski definition) is 9. The topological polar surface area (TPSA) is 171 Å². The number of fused-ring (bicyclic) bond motifs is 1. The van der Waals surface area contributed by atoms with Crippen molar-refractivity contribution in [1.29, 1.82) is 0 Å². The minimum atomic E-state index is -4.02. The largest absolute Gasteiger partial charge is 0.504 e. The van der Waals surface area contributed by atoms with Gasteiger partial charge in [0.25, 0.3) is 5.91 Å². The number of phenolic OH excluding ortho intramolecular Hbond substituents is 2. The number of carboxylic acids is 1. The Morgan fingerprint density at radius 3 is 2.59 bits per heavy atom. The van der Waals surface area contributed by atoms with Crippen LogP contribution in [0.1, 0.15) is 11.3 Å². The first-order chi connectivity index (χ1) is 16.1. The maximum absolute atomic E-state index is 12.9. The van der Waals surface area contributed by atoms with E-state index >= 15 is 0 Å². The third-order valence-corrected chi connectivity index (χ3v) is 7.14. The van der Waals surface area contributed by atoms with E-state index in [0.717, 1.165) is 6.07 Å². The molecule has 0 radical (unpaired) electrons. The van der Waals surface area contributed by atoms with Gasteiger partial charge in [-0.15, -0.1) is 0 Å². The Morgan fingerprint density at radius 1 is 1.18 bits per heavy atom. The summed E-state index contributed by atoms with van der Waals surface area (Å²) in [5.41, 5.74) is -0.220. The molecule has 4 rings (SSSR count). The van der Waals surface area contributed by atoms with Gasteiger partial charge in [-0.05, 0) is 35.9 Å². The van der Waals surface area contributed by atoms with E-state index < -0.39 is 56.9 Å². The zero-order valence-corrected chi connectivity index (χ0v) is 18.2. The third kappa shape index (κ3) is 4.22. The van der Waals surface area contributed by atoms with Crippen LogP contribution in [0.25, 0.3) is 6.08 Å². The van der Waals surface area contributed by atoms with Gasteiger partial charge < -0.3 is 20.1 Å². The highest BCUT2D eigenvalue weighted by atomic mass is 32.2. The summed E-state index contributed by atoms with van der Waals surface area (Å²) in [6, 6.07) is 8.60. The van der Waals surface area contributed by atoms with Crippen LogP contribution in [0.15, 0.2) is 59.4 Å². The van der Waals surface area contributed by atoms with Gasteiger partial charge in [0.2, 0.25) is 0 Å². The summed E-state index contributed by atoms with van der Waals surface area (Å²) in [6.07, 6.45) is 2.45. The zero-order chi connectivity index (χ0) is 24.6. The molecule has 1 unspecified atom stereocenters. The monoisotopic (exact) mass is 486 g/mol. The van der Waals surface area contributed by atoms with E-state index in [1.807, 2.05) is 0 Å². The average molecular weight is 486 g/mol. The van der Waals surface area contributed by atoms with Crippen molar-refractivity contribution < 1.29 is 42.9 Å². The van der Waals surface area contributed by atoms with Crippen LogP contribution in [-0.2, 0) is 35.4 Å². The smallest absolute Gasteiger partial charge is 0.352 e. The molecule has 1 aromatic carbocycles. The number of β-lactam (4-membered cyclic amide) rings is 1. The molecule has 3 heterocycles. The lowest BCUT2D eigenvalue weighted by molar-refractivity contribution is -0.143. The van der Waals surface area contributed by atoms with Crippen molar-refractivity contribution in [3.63, 3.8) is 0 Å². The van der Waals surface area contributed by atoms with Crippen molar-refractivity contribution in [2.24, 2.45) is 0 Å². The molecule has 34 heavy (non-hydrogen) atoms. The highest BCUT2D eigenvalue weighted by molar-refractivity contribution is 7.92. The summed E-state index contributed by atoms with van der Waals surface area (Å²) in [6.45, 7) is -0.653. The predicted octanol–water partition coefficient (Wildman–Crippen LogP) is 0.597. The third-order valence-electron chi connectivity index (χ3n) is 5.25. The Balaban J connectivity index is 1.56. The summed E-state index contributed by atoms with van der Waals surface area (Å²) in [5, 5.41) is 27.1. The Labute approximate surface area is 193 Å². The number of phenols is 2. The van der Waals surface area contributed by atoms with Crippen LogP contribution in [0.5, 0.6) is 11.5 Å². The SMILES string of the molecule is O=C(Cc1ccc(O)c(O)c1)OCC1=C(C(=O)O)N2C(=O)/C(=C/c3ccccn3)C2S(=O)(=O)C1. The van der Waals surface area contributed by atoms with E-state index in [1.54, 1.807) is 18.2 Å². The lowest BCUT2D eigenvalue weighted by Gasteiger charge is -2.45. The number of carboxylic acid groups (broad SMARTS) is 1. The maximum Gasteiger partial charge on any atom is 0.352 e. The molecular formula is C22H18N2O9S. The number of carbonyl (C=O) groups excluding carboxylic acids is 2. The molecule has 12 heteroatoms. The van der Waals surface area contributed by atoms with Crippen LogP contribution in [-0.4, -0.2) is 69.2 Å². The van der Waals surface area contributed by atoms with Gasteiger partial charge in [0.1, 0.15) is 12.3 Å².